The maximum Gasteiger partial charge on any atom is 0.325 e. The average Bonchev–Trinajstić information content (AvgIpc) is 2.65. The maximum absolute atomic E-state index is 11.5. The molecule has 0 saturated heterocycles. The molecule has 0 aliphatic carbocycles. The number of rotatable bonds is 4. The van der Waals surface area contributed by atoms with Gasteiger partial charge >= 0.3 is 5.97 Å². The molecule has 0 radical (unpaired) electrons. The zero-order chi connectivity index (χ0) is 13.2. The number of carbonyl (C=O) groups excluding carboxylic acids is 1. The average molecular weight is 277 g/mol. The number of nitrogens with one attached hydrogen (secondary N) is 1. The number of carboxylic acid groups (broad SMARTS) is 1. The highest BCUT2D eigenvalue weighted by Gasteiger charge is 2.18. The van der Waals surface area contributed by atoms with Crippen LogP contribution in [0.4, 0.5) is 0 Å². The fourth-order valence-corrected chi connectivity index (χ4v) is 2.77. The number of amides is 1. The van der Waals surface area contributed by atoms with Crippen LogP contribution in [0.3, 0.4) is 0 Å². The second kappa shape index (κ2) is 4.84. The minimum absolute atomic E-state index is 0.0747. The molecule has 0 aromatic carbocycles. The lowest BCUT2D eigenvalue weighted by Crippen LogP contribution is -2.38. The van der Waals surface area contributed by atoms with Crippen LogP contribution in [0.25, 0.3) is 0 Å². The number of aliphatic carboxylic acids is 1. The van der Waals surface area contributed by atoms with Gasteiger partial charge in [-0.1, -0.05) is 0 Å². The third-order valence-electron chi connectivity index (χ3n) is 1.92. The Bertz CT molecular complexity index is 545. The summed E-state index contributed by atoms with van der Waals surface area (Å²) in [5, 5.41) is 12.2. The molecule has 0 saturated carbocycles. The molecule has 0 aliphatic rings. The largest absolute Gasteiger partial charge is 0.480 e. The first-order chi connectivity index (χ1) is 7.71. The Morgan fingerprint density at radius 2 is 2.06 bits per heavy atom. The molecule has 1 aromatic heterocycles. The van der Waals surface area contributed by atoms with E-state index in [9.17, 15) is 18.0 Å². The molecule has 0 bridgehead atoms. The first-order valence-corrected chi connectivity index (χ1v) is 7.31. The summed E-state index contributed by atoms with van der Waals surface area (Å²) in [6.07, 6.45) is 1.04. The van der Waals surface area contributed by atoms with Gasteiger partial charge in [-0.05, 0) is 13.0 Å². The zero-order valence-electron chi connectivity index (χ0n) is 9.13. The quantitative estimate of drug-likeness (QED) is 0.827. The normalized spacial score (nSPS) is 13.1. The molecule has 0 spiro atoms. The van der Waals surface area contributed by atoms with Gasteiger partial charge < -0.3 is 10.4 Å². The lowest BCUT2D eigenvalue weighted by atomic mass is 10.3. The number of hydrogen-bond donors (Lipinski definition) is 2. The molecule has 1 rings (SSSR count). The molecule has 8 heteroatoms. The number of sulfone groups is 1. The summed E-state index contributed by atoms with van der Waals surface area (Å²) in [6, 6.07) is 0.202. The summed E-state index contributed by atoms with van der Waals surface area (Å²) in [4.78, 5) is 22.1. The highest BCUT2D eigenvalue weighted by Crippen LogP contribution is 2.19. The van der Waals surface area contributed by atoms with Crippen LogP contribution in [0.1, 0.15) is 17.3 Å². The predicted molar refractivity (Wildman–Crippen MR) is 62.0 cm³/mol. The van der Waals surface area contributed by atoms with Crippen molar-refractivity contribution in [2.45, 2.75) is 17.2 Å². The van der Waals surface area contributed by atoms with Gasteiger partial charge in [0.05, 0.1) is 5.56 Å². The minimum atomic E-state index is -3.34. The predicted octanol–water partition coefficient (Wildman–Crippen LogP) is 0.354. The van der Waals surface area contributed by atoms with Crippen molar-refractivity contribution in [3.8, 4) is 0 Å². The second-order valence-corrected chi connectivity index (χ2v) is 6.61. The standard InChI is InChI=1S/C9H11NO5S2/c1-5(9(12)13)10-8(11)6-3-7(16-4-6)17(2,14)15/h3-5H,1-2H3,(H,10,11)(H,12,13)/t5-/m0/s1. The van der Waals surface area contributed by atoms with Gasteiger partial charge in [0.25, 0.3) is 5.91 Å². The Morgan fingerprint density at radius 3 is 2.47 bits per heavy atom. The Kier molecular flexibility index (Phi) is 3.89. The van der Waals surface area contributed by atoms with Gasteiger partial charge in [-0.15, -0.1) is 11.3 Å². The fourth-order valence-electron chi connectivity index (χ4n) is 0.972. The van der Waals surface area contributed by atoms with E-state index in [2.05, 4.69) is 5.32 Å². The Labute approximate surface area is 102 Å². The summed E-state index contributed by atoms with van der Waals surface area (Å²) in [7, 11) is -3.34. The topological polar surface area (TPSA) is 101 Å². The summed E-state index contributed by atoms with van der Waals surface area (Å²) in [5.74, 6) is -1.76. The van der Waals surface area contributed by atoms with Crippen LogP contribution in [0.5, 0.6) is 0 Å². The van der Waals surface area contributed by atoms with Crippen molar-refractivity contribution in [1.29, 1.82) is 0 Å². The van der Waals surface area contributed by atoms with Gasteiger partial charge in [-0.3, -0.25) is 9.59 Å². The van der Waals surface area contributed by atoms with Gasteiger partial charge in [-0.2, -0.15) is 0 Å². The summed E-state index contributed by atoms with van der Waals surface area (Å²) >= 11 is 0.924. The second-order valence-electron chi connectivity index (χ2n) is 3.46. The lowest BCUT2D eigenvalue weighted by Gasteiger charge is -2.07. The van der Waals surface area contributed by atoms with Crippen LogP contribution in [0.2, 0.25) is 0 Å². The van der Waals surface area contributed by atoms with Crippen molar-refractivity contribution in [3.63, 3.8) is 0 Å². The highest BCUT2D eigenvalue weighted by atomic mass is 32.2. The van der Waals surface area contributed by atoms with Gasteiger partial charge in [0, 0.05) is 11.6 Å². The van der Waals surface area contributed by atoms with E-state index >= 15 is 0 Å². The summed E-state index contributed by atoms with van der Waals surface area (Å²) in [5.41, 5.74) is 0.142. The van der Waals surface area contributed by atoms with E-state index in [0.717, 1.165) is 17.6 Å². The molecule has 1 amide bonds. The van der Waals surface area contributed by atoms with E-state index in [1.54, 1.807) is 0 Å². The Hall–Kier alpha value is -1.41. The van der Waals surface area contributed by atoms with Crippen molar-refractivity contribution in [1.82, 2.24) is 5.32 Å². The zero-order valence-corrected chi connectivity index (χ0v) is 10.8. The van der Waals surface area contributed by atoms with Crippen LogP contribution >= 0.6 is 11.3 Å². The molecule has 1 heterocycles. The van der Waals surface area contributed by atoms with E-state index in [-0.39, 0.29) is 9.77 Å². The smallest absolute Gasteiger partial charge is 0.325 e. The van der Waals surface area contributed by atoms with Crippen molar-refractivity contribution in [2.75, 3.05) is 6.26 Å². The molecule has 94 valence electrons. The van der Waals surface area contributed by atoms with E-state index in [1.807, 2.05) is 0 Å². The molecular weight excluding hydrogens is 266 g/mol. The Morgan fingerprint density at radius 1 is 1.47 bits per heavy atom. The van der Waals surface area contributed by atoms with Gasteiger partial charge in [0.1, 0.15) is 10.3 Å². The van der Waals surface area contributed by atoms with E-state index in [4.69, 9.17) is 5.11 Å². The first kappa shape index (κ1) is 13.7. The third kappa shape index (κ3) is 3.53. The molecule has 17 heavy (non-hydrogen) atoms. The first-order valence-electron chi connectivity index (χ1n) is 4.54. The Balaban J connectivity index is 2.85. The number of carboxylic acids is 1. The molecule has 0 unspecified atom stereocenters. The summed E-state index contributed by atoms with van der Waals surface area (Å²) < 4.78 is 22.4. The van der Waals surface area contributed by atoms with Crippen molar-refractivity contribution in [2.24, 2.45) is 0 Å². The number of hydrogen-bond acceptors (Lipinski definition) is 5. The minimum Gasteiger partial charge on any atom is -0.480 e. The van der Waals surface area contributed by atoms with Crippen molar-refractivity contribution < 1.29 is 23.1 Å². The van der Waals surface area contributed by atoms with Crippen LogP contribution < -0.4 is 5.32 Å². The van der Waals surface area contributed by atoms with Crippen molar-refractivity contribution in [3.05, 3.63) is 17.0 Å². The summed E-state index contributed by atoms with van der Waals surface area (Å²) in [6.45, 7) is 1.32. The monoisotopic (exact) mass is 277 g/mol. The maximum atomic E-state index is 11.5. The molecule has 6 nitrogen and oxygen atoms in total. The molecule has 1 aromatic rings. The van der Waals surface area contributed by atoms with Gasteiger partial charge in [0.15, 0.2) is 9.84 Å². The third-order valence-corrected chi connectivity index (χ3v) is 4.69. The van der Waals surface area contributed by atoms with Crippen LogP contribution in [0, 0.1) is 0 Å². The lowest BCUT2D eigenvalue weighted by molar-refractivity contribution is -0.138. The van der Waals surface area contributed by atoms with Crippen LogP contribution in [0.15, 0.2) is 15.7 Å². The number of thiophene rings is 1. The fraction of sp³-hybridized carbons (Fsp3) is 0.333. The highest BCUT2D eigenvalue weighted by molar-refractivity contribution is 7.92. The van der Waals surface area contributed by atoms with E-state index in [1.165, 1.54) is 18.4 Å². The van der Waals surface area contributed by atoms with E-state index in [0.29, 0.717) is 0 Å². The SMILES string of the molecule is C[C@H](NC(=O)c1csc(S(C)(=O)=O)c1)C(=O)O. The van der Waals surface area contributed by atoms with E-state index < -0.39 is 27.8 Å². The van der Waals surface area contributed by atoms with Crippen molar-refractivity contribution >= 4 is 33.1 Å². The van der Waals surface area contributed by atoms with Crippen LogP contribution in [-0.4, -0.2) is 37.7 Å². The van der Waals surface area contributed by atoms with Crippen LogP contribution in [-0.2, 0) is 14.6 Å². The number of carbonyl (C=O) groups is 2. The molecular formula is C9H11NO5S2. The molecule has 1 atom stereocenters. The van der Waals surface area contributed by atoms with Gasteiger partial charge in [-0.25, -0.2) is 8.42 Å². The molecule has 0 fully saturated rings. The molecule has 2 N–H and O–H groups in total. The van der Waals surface area contributed by atoms with Gasteiger partial charge in [0.2, 0.25) is 0 Å². The molecule has 0 aliphatic heterocycles.